The van der Waals surface area contributed by atoms with Gasteiger partial charge in [0.25, 0.3) is 11.8 Å². The fourth-order valence-corrected chi connectivity index (χ4v) is 9.00. The molecular formula is C48H58ClF2N9O11. The zero-order valence-corrected chi connectivity index (χ0v) is 40.2. The number of aromatic nitrogens is 1. The van der Waals surface area contributed by atoms with E-state index in [0.29, 0.717) is 43.5 Å². The predicted molar refractivity (Wildman–Crippen MR) is 257 cm³/mol. The van der Waals surface area contributed by atoms with Gasteiger partial charge in [-0.15, -0.1) is 0 Å². The lowest BCUT2D eigenvalue weighted by molar-refractivity contribution is -0.137. The Morgan fingerprint density at radius 1 is 0.944 bits per heavy atom. The number of ether oxygens (including phenoxy) is 1. The normalized spacial score (nSPS) is 18.5. The van der Waals surface area contributed by atoms with Crippen LogP contribution in [0.5, 0.6) is 0 Å². The number of alkyl halides is 1. The number of fused-ring (bicyclic) bond motifs is 1. The average molecular weight is 1010 g/mol. The Kier molecular flexibility index (Phi) is 17.8. The van der Waals surface area contributed by atoms with Gasteiger partial charge in [0.05, 0.1) is 27.7 Å². The molecule has 382 valence electrons. The zero-order valence-electron chi connectivity index (χ0n) is 39.4. The Morgan fingerprint density at radius 2 is 1.63 bits per heavy atom. The summed E-state index contributed by atoms with van der Waals surface area (Å²) in [6.45, 7) is 6.06. The zero-order chi connectivity index (χ0) is 51.7. The van der Waals surface area contributed by atoms with Crippen molar-refractivity contribution in [3.05, 3.63) is 80.9 Å². The van der Waals surface area contributed by atoms with Crippen molar-refractivity contribution in [2.24, 2.45) is 17.6 Å². The fraction of sp³-hybridized carbons (Fsp3) is 0.479. The van der Waals surface area contributed by atoms with Crippen molar-refractivity contribution in [3.8, 4) is 0 Å². The Hall–Kier alpha value is -7.10. The summed E-state index contributed by atoms with van der Waals surface area (Å²) in [5, 5.41) is 22.7. The van der Waals surface area contributed by atoms with Gasteiger partial charge in [0, 0.05) is 69.1 Å². The van der Waals surface area contributed by atoms with Gasteiger partial charge in [-0.05, 0) is 74.6 Å². The molecule has 0 bridgehead atoms. The molecule has 23 heteroatoms. The first kappa shape index (κ1) is 53.3. The van der Waals surface area contributed by atoms with Crippen LogP contribution < -0.4 is 42.6 Å². The van der Waals surface area contributed by atoms with E-state index in [2.05, 4.69) is 26.6 Å². The van der Waals surface area contributed by atoms with Crippen molar-refractivity contribution in [1.82, 2.24) is 30.7 Å². The van der Waals surface area contributed by atoms with Gasteiger partial charge in [-0.3, -0.25) is 33.7 Å². The lowest BCUT2D eigenvalue weighted by atomic mass is 10.0. The van der Waals surface area contributed by atoms with Crippen LogP contribution in [0.25, 0.3) is 10.9 Å². The molecule has 1 saturated heterocycles. The highest BCUT2D eigenvalue weighted by Crippen LogP contribution is 2.45. The van der Waals surface area contributed by atoms with E-state index in [1.807, 2.05) is 0 Å². The monoisotopic (exact) mass is 1010 g/mol. The van der Waals surface area contributed by atoms with E-state index in [-0.39, 0.29) is 103 Å². The number of halogens is 3. The van der Waals surface area contributed by atoms with Crippen molar-refractivity contribution in [3.63, 3.8) is 0 Å². The van der Waals surface area contributed by atoms with Crippen LogP contribution in [0.4, 0.5) is 29.7 Å². The number of nitrogens with one attached hydrogen (secondary N) is 5. The molecular weight excluding hydrogens is 952 g/mol. The maximum atomic E-state index is 15.7. The molecule has 3 aromatic rings. The number of amides is 8. The molecule has 3 aliphatic rings. The number of anilines is 2. The van der Waals surface area contributed by atoms with Gasteiger partial charge in [0.2, 0.25) is 23.2 Å². The summed E-state index contributed by atoms with van der Waals surface area (Å²) in [5.41, 5.74) is 4.59. The number of carboxylic acids is 1. The second kappa shape index (κ2) is 23.7. The molecule has 1 aliphatic carbocycles. The van der Waals surface area contributed by atoms with Crippen molar-refractivity contribution in [2.45, 2.75) is 109 Å². The maximum absolute atomic E-state index is 15.7. The summed E-state index contributed by atoms with van der Waals surface area (Å²) in [5.74, 6) is -5.22. The number of hydrogen-bond donors (Lipinski definition) is 7. The molecule has 3 heterocycles. The molecule has 8 amide bonds. The third kappa shape index (κ3) is 13.6. The van der Waals surface area contributed by atoms with Crippen LogP contribution in [0.15, 0.2) is 53.5 Å². The molecule has 2 fully saturated rings. The molecule has 0 spiro atoms. The van der Waals surface area contributed by atoms with Crippen molar-refractivity contribution in [2.75, 3.05) is 36.4 Å². The van der Waals surface area contributed by atoms with Crippen LogP contribution in [0.3, 0.4) is 0 Å². The largest absolute Gasteiger partial charge is 0.477 e. The summed E-state index contributed by atoms with van der Waals surface area (Å²) in [6, 6.07) is 3.31. The molecule has 1 aromatic heterocycles. The summed E-state index contributed by atoms with van der Waals surface area (Å²) in [7, 11) is 0. The lowest BCUT2D eigenvalue weighted by Crippen LogP contribution is -2.54. The fourth-order valence-electron chi connectivity index (χ4n) is 8.59. The standard InChI is InChI=1S/C48H58ClF2N9O11/c1-25(2)40(57-36(61)9-5-4-6-18-59-37(62)14-15-38(59)63)45(66)56-34(8-7-17-53-47(52)69)44(65)55-29-12-10-27(11-13-29)24-71-48(70)54-26(3)28-16-19-58(22-28)42-33(51)20-30-41(39(42)49)60(35-21-32(35)50)23-31(43(30)64)46(67)68/h10-15,20,23,25-26,28,32,34-35,40H,4-9,16-19,21-22,24H2,1-3H3,(H,54,70)(H,55,65)(H,56,66)(H,57,61)(H,67,68)(H3,52,53,69)/t26?,28?,32-,34-,35-,40-/m0/s1. The van der Waals surface area contributed by atoms with Gasteiger partial charge < -0.3 is 51.6 Å². The van der Waals surface area contributed by atoms with Crippen molar-refractivity contribution >= 4 is 81.5 Å². The molecule has 2 aliphatic heterocycles. The first-order valence-electron chi connectivity index (χ1n) is 23.4. The van der Waals surface area contributed by atoms with Gasteiger partial charge in [-0.1, -0.05) is 44.0 Å². The number of nitrogens with zero attached hydrogens (tertiary/aromatic N) is 3. The molecule has 6 rings (SSSR count). The number of carboxylic acid groups (broad SMARTS) is 1. The summed E-state index contributed by atoms with van der Waals surface area (Å²) in [6.07, 6.45) is 4.06. The van der Waals surface area contributed by atoms with Crippen LogP contribution in [0, 0.1) is 17.7 Å². The van der Waals surface area contributed by atoms with E-state index in [1.165, 1.54) is 16.7 Å². The van der Waals surface area contributed by atoms with Crippen LogP contribution in [0.2, 0.25) is 5.02 Å². The second-order valence-electron chi connectivity index (χ2n) is 18.3. The first-order valence-corrected chi connectivity index (χ1v) is 23.8. The van der Waals surface area contributed by atoms with Gasteiger partial charge >= 0.3 is 18.1 Å². The smallest absolute Gasteiger partial charge is 0.407 e. The summed E-state index contributed by atoms with van der Waals surface area (Å²) in [4.78, 5) is 115. The minimum atomic E-state index is -1.53. The van der Waals surface area contributed by atoms with E-state index < -0.39 is 77.1 Å². The number of benzene rings is 2. The lowest BCUT2D eigenvalue weighted by Gasteiger charge is -2.25. The van der Waals surface area contributed by atoms with E-state index in [4.69, 9.17) is 22.1 Å². The molecule has 71 heavy (non-hydrogen) atoms. The number of carbonyl (C=O) groups is 8. The highest BCUT2D eigenvalue weighted by Gasteiger charge is 2.41. The number of aromatic carboxylic acids is 1. The molecule has 2 unspecified atom stereocenters. The van der Waals surface area contributed by atoms with E-state index in [9.17, 15) is 52.6 Å². The van der Waals surface area contributed by atoms with Crippen LogP contribution in [-0.2, 0) is 35.3 Å². The van der Waals surface area contributed by atoms with Gasteiger partial charge in [0.15, 0.2) is 0 Å². The first-order chi connectivity index (χ1) is 33.7. The maximum Gasteiger partial charge on any atom is 0.407 e. The molecule has 6 atom stereocenters. The highest BCUT2D eigenvalue weighted by atomic mass is 35.5. The van der Waals surface area contributed by atoms with E-state index in [1.54, 1.807) is 49.9 Å². The van der Waals surface area contributed by atoms with Crippen LogP contribution >= 0.6 is 11.6 Å². The van der Waals surface area contributed by atoms with Gasteiger partial charge in [0.1, 0.15) is 36.2 Å². The third-order valence-electron chi connectivity index (χ3n) is 12.7. The SMILES string of the molecule is CC(NC(=O)OCc1ccc(NC(=O)[C@H](CCCNC(N)=O)NC(=O)[C@@H](NC(=O)CCCCCN2C(=O)C=CC2=O)C(C)C)cc1)C1CCN(c2c(F)cc3c(=O)c(C(=O)O)cn([C@H]4C[C@@H]4F)c3c2Cl)C1. The number of primary amides is 1. The Labute approximate surface area is 412 Å². The third-order valence-corrected chi connectivity index (χ3v) is 13.0. The molecule has 1 saturated carbocycles. The summed E-state index contributed by atoms with van der Waals surface area (Å²) < 4.78 is 36.8. The number of rotatable bonds is 23. The molecule has 2 aromatic carbocycles. The summed E-state index contributed by atoms with van der Waals surface area (Å²) >= 11 is 6.76. The van der Waals surface area contributed by atoms with Gasteiger partial charge in [-0.25, -0.2) is 23.2 Å². The van der Waals surface area contributed by atoms with Gasteiger partial charge in [-0.2, -0.15) is 0 Å². The van der Waals surface area contributed by atoms with Crippen molar-refractivity contribution in [1.29, 1.82) is 0 Å². The number of carbonyl (C=O) groups excluding carboxylic acids is 7. The Bertz CT molecular complexity index is 2630. The van der Waals surface area contributed by atoms with Crippen LogP contribution in [0.1, 0.15) is 94.1 Å². The highest BCUT2D eigenvalue weighted by molar-refractivity contribution is 6.38. The molecule has 20 nitrogen and oxygen atoms in total. The van der Waals surface area contributed by atoms with E-state index in [0.717, 1.165) is 17.2 Å². The second-order valence-corrected chi connectivity index (χ2v) is 18.6. The number of unbranched alkanes of at least 4 members (excludes halogenated alkanes) is 2. The minimum Gasteiger partial charge on any atom is -0.477 e. The Balaban J connectivity index is 0.987. The van der Waals surface area contributed by atoms with E-state index >= 15 is 4.39 Å². The predicted octanol–water partition coefficient (Wildman–Crippen LogP) is 4.41. The number of hydrogen-bond acceptors (Lipinski definition) is 11. The quantitative estimate of drug-likeness (QED) is 0.0514. The number of urea groups is 1. The molecule has 0 radical (unpaired) electrons. The molecule has 8 N–H and O–H groups in total. The number of imide groups is 1. The van der Waals surface area contributed by atoms with Crippen LogP contribution in [-0.4, -0.2) is 113 Å². The number of pyridine rings is 1. The minimum absolute atomic E-state index is 0.0184. The topological polar surface area (TPSA) is 281 Å². The number of nitrogens with two attached hydrogens (primary N) is 1. The Morgan fingerprint density at radius 3 is 2.27 bits per heavy atom. The average Bonchev–Trinajstić information content (AvgIpc) is 3.67. The van der Waals surface area contributed by atoms with Crippen molar-refractivity contribution < 1.29 is 57.0 Å². The number of alkyl carbamates (subject to hydrolysis) is 1.